The number of benzene rings is 1. The van der Waals surface area contributed by atoms with Crippen molar-refractivity contribution in [3.05, 3.63) is 29.8 Å². The molecule has 1 aromatic rings. The molecule has 0 spiro atoms. The summed E-state index contributed by atoms with van der Waals surface area (Å²) >= 11 is 0. The van der Waals surface area contributed by atoms with Crippen molar-refractivity contribution in [2.24, 2.45) is 5.73 Å². The maximum Gasteiger partial charge on any atom is 0.118 e. The van der Waals surface area contributed by atoms with Crippen molar-refractivity contribution >= 4 is 0 Å². The first-order valence-electron chi connectivity index (χ1n) is 5.25. The molecular formula is C12H20N2O. The van der Waals surface area contributed by atoms with Crippen molar-refractivity contribution in [2.45, 2.75) is 13.0 Å². The molecular weight excluding hydrogens is 188 g/mol. The number of nitrogens with zero attached hydrogens (tertiary/aromatic N) is 1. The summed E-state index contributed by atoms with van der Waals surface area (Å²) in [5.74, 6) is 0.870. The van der Waals surface area contributed by atoms with E-state index >= 15 is 0 Å². The van der Waals surface area contributed by atoms with E-state index in [0.29, 0.717) is 0 Å². The highest BCUT2D eigenvalue weighted by Gasteiger charge is 2.07. The van der Waals surface area contributed by atoms with Crippen molar-refractivity contribution in [1.82, 2.24) is 4.90 Å². The largest absolute Gasteiger partial charge is 0.497 e. The maximum atomic E-state index is 6.08. The van der Waals surface area contributed by atoms with Crippen LogP contribution in [0.5, 0.6) is 5.75 Å². The molecule has 0 aliphatic heterocycles. The van der Waals surface area contributed by atoms with Crippen molar-refractivity contribution in [3.63, 3.8) is 0 Å². The van der Waals surface area contributed by atoms with Gasteiger partial charge in [0.2, 0.25) is 0 Å². The Balaban J connectivity index is 2.61. The van der Waals surface area contributed by atoms with Gasteiger partial charge < -0.3 is 15.4 Å². The summed E-state index contributed by atoms with van der Waals surface area (Å²) in [7, 11) is 3.74. The first-order chi connectivity index (χ1) is 7.17. The highest BCUT2D eigenvalue weighted by Crippen LogP contribution is 2.16. The van der Waals surface area contributed by atoms with Crippen LogP contribution in [-0.4, -0.2) is 32.1 Å². The zero-order valence-electron chi connectivity index (χ0n) is 9.73. The lowest BCUT2D eigenvalue weighted by molar-refractivity contribution is 0.328. The normalized spacial score (nSPS) is 12.9. The molecule has 15 heavy (non-hydrogen) atoms. The van der Waals surface area contributed by atoms with Gasteiger partial charge in [0, 0.05) is 12.6 Å². The van der Waals surface area contributed by atoms with Crippen molar-refractivity contribution < 1.29 is 4.74 Å². The number of nitrogens with two attached hydrogens (primary N) is 1. The molecule has 1 aromatic carbocycles. The lowest BCUT2D eigenvalue weighted by Gasteiger charge is -2.19. The fourth-order valence-electron chi connectivity index (χ4n) is 1.42. The molecule has 3 heteroatoms. The van der Waals surface area contributed by atoms with Crippen LogP contribution in [0.3, 0.4) is 0 Å². The Labute approximate surface area is 91.8 Å². The average Bonchev–Trinajstić information content (AvgIpc) is 2.29. The third-order valence-corrected chi connectivity index (χ3v) is 2.59. The van der Waals surface area contributed by atoms with Crippen LogP contribution < -0.4 is 10.5 Å². The second-order valence-electron chi connectivity index (χ2n) is 3.73. The van der Waals surface area contributed by atoms with Crippen LogP contribution in [-0.2, 0) is 0 Å². The third kappa shape index (κ3) is 3.53. The van der Waals surface area contributed by atoms with Gasteiger partial charge in [0.25, 0.3) is 0 Å². The minimum atomic E-state index is 0.0702. The van der Waals surface area contributed by atoms with Crippen LogP contribution in [0.4, 0.5) is 0 Å². The van der Waals surface area contributed by atoms with E-state index in [2.05, 4.69) is 18.9 Å². The Bertz CT molecular complexity index is 284. The average molecular weight is 208 g/mol. The summed E-state index contributed by atoms with van der Waals surface area (Å²) in [6.45, 7) is 4.02. The first-order valence-corrected chi connectivity index (χ1v) is 5.25. The molecule has 84 valence electrons. The van der Waals surface area contributed by atoms with Crippen molar-refractivity contribution in [2.75, 3.05) is 27.2 Å². The molecule has 3 nitrogen and oxygen atoms in total. The van der Waals surface area contributed by atoms with Gasteiger partial charge in [-0.15, -0.1) is 0 Å². The molecule has 1 atom stereocenters. The second-order valence-corrected chi connectivity index (χ2v) is 3.73. The van der Waals surface area contributed by atoms with Crippen LogP contribution in [0.2, 0.25) is 0 Å². The van der Waals surface area contributed by atoms with Gasteiger partial charge in [0.15, 0.2) is 0 Å². The highest BCUT2D eigenvalue weighted by atomic mass is 16.5. The van der Waals surface area contributed by atoms with E-state index in [1.807, 2.05) is 24.3 Å². The van der Waals surface area contributed by atoms with Crippen molar-refractivity contribution in [1.29, 1.82) is 0 Å². The summed E-state index contributed by atoms with van der Waals surface area (Å²) in [5.41, 5.74) is 7.23. The van der Waals surface area contributed by atoms with Crippen LogP contribution in [0.1, 0.15) is 18.5 Å². The summed E-state index contributed by atoms with van der Waals surface area (Å²) in [6.07, 6.45) is 0. The monoisotopic (exact) mass is 208 g/mol. The van der Waals surface area contributed by atoms with E-state index in [1.54, 1.807) is 7.11 Å². The summed E-state index contributed by atoms with van der Waals surface area (Å²) in [4.78, 5) is 2.20. The number of likely N-dealkylation sites (N-methyl/N-ethyl adjacent to an activating group) is 1. The molecule has 0 radical (unpaired) electrons. The molecule has 0 aromatic heterocycles. The Kier molecular flexibility index (Phi) is 4.59. The van der Waals surface area contributed by atoms with Gasteiger partial charge in [-0.1, -0.05) is 19.1 Å². The molecule has 1 rings (SSSR count). The van der Waals surface area contributed by atoms with E-state index in [-0.39, 0.29) is 6.04 Å². The van der Waals surface area contributed by atoms with Crippen LogP contribution >= 0.6 is 0 Å². The van der Waals surface area contributed by atoms with Crippen LogP contribution in [0, 0.1) is 0 Å². The van der Waals surface area contributed by atoms with E-state index in [1.165, 1.54) is 0 Å². The SMILES string of the molecule is CCN(C)CC(N)c1ccc(OC)cc1. The maximum absolute atomic E-state index is 6.08. The molecule has 1 unspecified atom stereocenters. The fraction of sp³-hybridized carbons (Fsp3) is 0.500. The zero-order valence-corrected chi connectivity index (χ0v) is 9.73. The van der Waals surface area contributed by atoms with Gasteiger partial charge >= 0.3 is 0 Å². The third-order valence-electron chi connectivity index (χ3n) is 2.59. The number of ether oxygens (including phenoxy) is 1. The molecule has 0 aliphatic rings. The molecule has 0 bridgehead atoms. The predicted octanol–water partition coefficient (Wildman–Crippen LogP) is 1.65. The Morgan fingerprint density at radius 2 is 1.93 bits per heavy atom. The lowest BCUT2D eigenvalue weighted by Crippen LogP contribution is -2.28. The smallest absolute Gasteiger partial charge is 0.118 e. The minimum Gasteiger partial charge on any atom is -0.497 e. The zero-order chi connectivity index (χ0) is 11.3. The number of hydrogen-bond acceptors (Lipinski definition) is 3. The van der Waals surface area contributed by atoms with Gasteiger partial charge in [-0.3, -0.25) is 0 Å². The number of hydrogen-bond donors (Lipinski definition) is 1. The quantitative estimate of drug-likeness (QED) is 0.799. The van der Waals surface area contributed by atoms with E-state index in [9.17, 15) is 0 Å². The van der Waals surface area contributed by atoms with Gasteiger partial charge in [0.05, 0.1) is 7.11 Å². The molecule has 0 saturated carbocycles. The molecule has 0 fully saturated rings. The van der Waals surface area contributed by atoms with Gasteiger partial charge in [0.1, 0.15) is 5.75 Å². The van der Waals surface area contributed by atoms with Gasteiger partial charge in [-0.25, -0.2) is 0 Å². The molecule has 0 amide bonds. The second kappa shape index (κ2) is 5.73. The van der Waals surface area contributed by atoms with Crippen molar-refractivity contribution in [3.8, 4) is 5.75 Å². The van der Waals surface area contributed by atoms with E-state index in [0.717, 1.165) is 24.4 Å². The Morgan fingerprint density at radius 3 is 2.40 bits per heavy atom. The molecule has 0 aliphatic carbocycles. The topological polar surface area (TPSA) is 38.5 Å². The minimum absolute atomic E-state index is 0.0702. The molecule has 0 heterocycles. The standard InChI is InChI=1S/C12H20N2O/c1-4-14(2)9-12(13)10-5-7-11(15-3)8-6-10/h5-8,12H,4,9,13H2,1-3H3. The van der Waals surface area contributed by atoms with E-state index in [4.69, 9.17) is 10.5 Å². The summed E-state index contributed by atoms with van der Waals surface area (Å²) in [6, 6.07) is 8.00. The Hall–Kier alpha value is -1.06. The lowest BCUT2D eigenvalue weighted by atomic mass is 10.1. The van der Waals surface area contributed by atoms with Gasteiger partial charge in [-0.05, 0) is 31.3 Å². The first kappa shape index (κ1) is 12.0. The highest BCUT2D eigenvalue weighted by molar-refractivity contribution is 5.29. The summed E-state index contributed by atoms with van der Waals surface area (Å²) < 4.78 is 5.10. The fourth-order valence-corrected chi connectivity index (χ4v) is 1.42. The van der Waals surface area contributed by atoms with Crippen LogP contribution in [0.25, 0.3) is 0 Å². The predicted molar refractivity (Wildman–Crippen MR) is 63.1 cm³/mol. The Morgan fingerprint density at radius 1 is 1.33 bits per heavy atom. The van der Waals surface area contributed by atoms with Gasteiger partial charge in [-0.2, -0.15) is 0 Å². The summed E-state index contributed by atoms with van der Waals surface area (Å²) in [5, 5.41) is 0. The molecule has 2 N–H and O–H groups in total. The molecule has 0 saturated heterocycles. The van der Waals surface area contributed by atoms with E-state index < -0.39 is 0 Å². The number of methoxy groups -OCH3 is 1. The van der Waals surface area contributed by atoms with Crippen LogP contribution in [0.15, 0.2) is 24.3 Å². The number of rotatable bonds is 5.